The first-order chi connectivity index (χ1) is 8.69. The van der Waals surface area contributed by atoms with Gasteiger partial charge in [0.25, 0.3) is 0 Å². The van der Waals surface area contributed by atoms with Gasteiger partial charge in [-0.25, -0.2) is 4.39 Å². The molecule has 1 unspecified atom stereocenters. The zero-order chi connectivity index (χ0) is 14.6. The Kier molecular flexibility index (Phi) is 4.89. The maximum absolute atomic E-state index is 13.0. The van der Waals surface area contributed by atoms with Gasteiger partial charge in [-0.15, -0.1) is 0 Å². The summed E-state index contributed by atoms with van der Waals surface area (Å²) in [5.41, 5.74) is 0.129. The molecule has 0 saturated carbocycles. The lowest BCUT2D eigenvalue weighted by Crippen LogP contribution is -2.49. The van der Waals surface area contributed by atoms with E-state index in [9.17, 15) is 14.3 Å². The molecule has 0 radical (unpaired) electrons. The fourth-order valence-corrected chi connectivity index (χ4v) is 1.53. The van der Waals surface area contributed by atoms with Gasteiger partial charge >= 0.3 is 0 Å². The molecular weight excluding hydrogens is 247 g/mol. The summed E-state index contributed by atoms with van der Waals surface area (Å²) in [5, 5.41) is 15.4. The van der Waals surface area contributed by atoms with Gasteiger partial charge in [-0.1, -0.05) is 0 Å². The molecule has 0 aliphatic heterocycles. The van der Waals surface area contributed by atoms with Crippen molar-refractivity contribution in [2.45, 2.75) is 45.8 Å². The van der Waals surface area contributed by atoms with Crippen molar-refractivity contribution in [3.8, 4) is 5.75 Å². The molecule has 0 fully saturated rings. The van der Waals surface area contributed by atoms with Crippen molar-refractivity contribution >= 4 is 5.91 Å². The molecule has 5 heteroatoms. The Labute approximate surface area is 113 Å². The molecule has 106 valence electrons. The van der Waals surface area contributed by atoms with Crippen molar-refractivity contribution in [2.24, 2.45) is 0 Å². The molecular formula is C14H21FN2O2. The Balaban J connectivity index is 2.56. The first-order valence-corrected chi connectivity index (χ1v) is 6.22. The van der Waals surface area contributed by atoms with Gasteiger partial charge in [-0.3, -0.25) is 4.79 Å². The quantitative estimate of drug-likeness (QED) is 0.782. The molecule has 0 saturated heterocycles. The van der Waals surface area contributed by atoms with Crippen LogP contribution in [0.5, 0.6) is 5.75 Å². The van der Waals surface area contributed by atoms with Gasteiger partial charge in [0.05, 0.1) is 6.04 Å². The summed E-state index contributed by atoms with van der Waals surface area (Å²) in [4.78, 5) is 11.8. The Morgan fingerprint density at radius 1 is 1.42 bits per heavy atom. The Hall–Kier alpha value is -1.62. The van der Waals surface area contributed by atoms with Crippen LogP contribution in [0.2, 0.25) is 0 Å². The van der Waals surface area contributed by atoms with E-state index in [1.807, 2.05) is 20.8 Å². The van der Waals surface area contributed by atoms with Gasteiger partial charge in [-0.05, 0) is 45.9 Å². The minimum atomic E-state index is -0.429. The average Bonchev–Trinajstić information content (AvgIpc) is 2.27. The number of carbonyl (C=O) groups is 1. The van der Waals surface area contributed by atoms with E-state index in [4.69, 9.17) is 0 Å². The van der Waals surface area contributed by atoms with E-state index in [1.54, 1.807) is 6.92 Å². The van der Waals surface area contributed by atoms with Crippen LogP contribution in [0.3, 0.4) is 0 Å². The third kappa shape index (κ3) is 5.26. The summed E-state index contributed by atoms with van der Waals surface area (Å²) < 4.78 is 13.0. The first-order valence-electron chi connectivity index (χ1n) is 6.22. The Bertz CT molecular complexity index is 455. The molecule has 0 spiro atoms. The number of benzene rings is 1. The van der Waals surface area contributed by atoms with E-state index < -0.39 is 11.9 Å². The summed E-state index contributed by atoms with van der Waals surface area (Å²) >= 11 is 0. The van der Waals surface area contributed by atoms with E-state index in [1.165, 1.54) is 18.2 Å². The number of halogens is 1. The van der Waals surface area contributed by atoms with Gasteiger partial charge < -0.3 is 15.7 Å². The largest absolute Gasteiger partial charge is 0.508 e. The number of aromatic hydroxyl groups is 1. The lowest BCUT2D eigenvalue weighted by Gasteiger charge is -2.23. The number of phenolic OH excluding ortho intramolecular Hbond substituents is 1. The molecule has 19 heavy (non-hydrogen) atoms. The standard InChI is InChI=1S/C14H21FN2O2/c1-9(13(19)17-14(2,3)4)16-8-10-7-11(15)5-6-12(10)18/h5-7,9,16,18H,8H2,1-4H3,(H,17,19). The summed E-state index contributed by atoms with van der Waals surface area (Å²) in [6.07, 6.45) is 0. The predicted octanol–water partition coefficient (Wildman–Crippen LogP) is 1.92. The number of rotatable bonds is 4. The van der Waals surface area contributed by atoms with Gasteiger partial charge in [-0.2, -0.15) is 0 Å². The van der Waals surface area contributed by atoms with Gasteiger partial charge in [0.1, 0.15) is 11.6 Å². The number of carbonyl (C=O) groups excluding carboxylic acids is 1. The smallest absolute Gasteiger partial charge is 0.237 e. The van der Waals surface area contributed by atoms with Crippen LogP contribution in [0.15, 0.2) is 18.2 Å². The normalized spacial score (nSPS) is 13.1. The predicted molar refractivity (Wildman–Crippen MR) is 72.3 cm³/mol. The van der Waals surface area contributed by atoms with Crippen molar-refractivity contribution < 1.29 is 14.3 Å². The maximum atomic E-state index is 13.0. The van der Waals surface area contributed by atoms with Gasteiger partial charge in [0.15, 0.2) is 0 Å². The van der Waals surface area contributed by atoms with Crippen LogP contribution in [-0.4, -0.2) is 22.6 Å². The number of amides is 1. The summed E-state index contributed by atoms with van der Waals surface area (Å²) in [5.74, 6) is -0.540. The van der Waals surface area contributed by atoms with Crippen LogP contribution >= 0.6 is 0 Å². The monoisotopic (exact) mass is 268 g/mol. The van der Waals surface area contributed by atoms with E-state index in [-0.39, 0.29) is 23.7 Å². The summed E-state index contributed by atoms with van der Waals surface area (Å²) in [6.45, 7) is 7.64. The number of nitrogens with one attached hydrogen (secondary N) is 2. The Morgan fingerprint density at radius 3 is 2.63 bits per heavy atom. The minimum absolute atomic E-state index is 0.0114. The SMILES string of the molecule is CC(NCc1cc(F)ccc1O)C(=O)NC(C)(C)C. The van der Waals surface area contributed by atoms with Gasteiger partial charge in [0, 0.05) is 17.6 Å². The van der Waals surface area contributed by atoms with Crippen LogP contribution in [0.25, 0.3) is 0 Å². The molecule has 4 nitrogen and oxygen atoms in total. The first kappa shape index (κ1) is 15.4. The van der Waals surface area contributed by atoms with Crippen LogP contribution < -0.4 is 10.6 Å². The lowest BCUT2D eigenvalue weighted by molar-refractivity contribution is -0.124. The highest BCUT2D eigenvalue weighted by molar-refractivity contribution is 5.81. The second kappa shape index (κ2) is 6.02. The third-order valence-corrected chi connectivity index (χ3v) is 2.53. The van der Waals surface area contributed by atoms with Crippen LogP contribution in [0.1, 0.15) is 33.3 Å². The summed E-state index contributed by atoms with van der Waals surface area (Å²) in [6, 6.07) is 3.30. The molecule has 1 atom stereocenters. The number of hydrogen-bond acceptors (Lipinski definition) is 3. The highest BCUT2D eigenvalue weighted by Crippen LogP contribution is 2.17. The van der Waals surface area contributed by atoms with E-state index in [0.29, 0.717) is 5.56 Å². The lowest BCUT2D eigenvalue weighted by atomic mass is 10.1. The highest BCUT2D eigenvalue weighted by Gasteiger charge is 2.19. The van der Waals surface area contributed by atoms with Crippen LogP contribution in [0, 0.1) is 5.82 Å². The zero-order valence-electron chi connectivity index (χ0n) is 11.7. The molecule has 1 aromatic carbocycles. The second-order valence-electron chi connectivity index (χ2n) is 5.61. The molecule has 0 aliphatic rings. The van der Waals surface area contributed by atoms with Crippen molar-refractivity contribution in [1.29, 1.82) is 0 Å². The number of hydrogen-bond donors (Lipinski definition) is 3. The van der Waals surface area contributed by atoms with Crippen molar-refractivity contribution in [1.82, 2.24) is 10.6 Å². The fourth-order valence-electron chi connectivity index (χ4n) is 1.53. The minimum Gasteiger partial charge on any atom is -0.508 e. The molecule has 0 aromatic heterocycles. The summed E-state index contributed by atoms with van der Waals surface area (Å²) in [7, 11) is 0. The average molecular weight is 268 g/mol. The van der Waals surface area contributed by atoms with E-state index in [2.05, 4.69) is 10.6 Å². The molecule has 0 heterocycles. The Morgan fingerprint density at radius 2 is 2.05 bits per heavy atom. The molecule has 0 aliphatic carbocycles. The van der Waals surface area contributed by atoms with Crippen molar-refractivity contribution in [3.05, 3.63) is 29.6 Å². The van der Waals surface area contributed by atoms with Crippen LogP contribution in [0.4, 0.5) is 4.39 Å². The molecule has 1 rings (SSSR count). The fraction of sp³-hybridized carbons (Fsp3) is 0.500. The topological polar surface area (TPSA) is 61.4 Å². The van der Waals surface area contributed by atoms with E-state index >= 15 is 0 Å². The van der Waals surface area contributed by atoms with Crippen molar-refractivity contribution in [3.63, 3.8) is 0 Å². The van der Waals surface area contributed by atoms with E-state index in [0.717, 1.165) is 0 Å². The molecule has 1 amide bonds. The molecule has 0 bridgehead atoms. The van der Waals surface area contributed by atoms with Gasteiger partial charge in [0.2, 0.25) is 5.91 Å². The zero-order valence-corrected chi connectivity index (χ0v) is 11.7. The highest BCUT2D eigenvalue weighted by atomic mass is 19.1. The van der Waals surface area contributed by atoms with Crippen molar-refractivity contribution in [2.75, 3.05) is 0 Å². The number of phenols is 1. The molecule has 1 aromatic rings. The van der Waals surface area contributed by atoms with Crippen LogP contribution in [-0.2, 0) is 11.3 Å². The maximum Gasteiger partial charge on any atom is 0.237 e. The third-order valence-electron chi connectivity index (χ3n) is 2.53. The second-order valence-corrected chi connectivity index (χ2v) is 5.61. The molecule has 3 N–H and O–H groups in total.